The number of nitrogens with zero attached hydrogens (tertiary/aromatic N) is 2. The lowest BCUT2D eigenvalue weighted by molar-refractivity contribution is -0.147. The molecule has 0 spiro atoms. The highest BCUT2D eigenvalue weighted by atomic mass is 16.5. The van der Waals surface area contributed by atoms with Crippen LogP contribution in [0.2, 0.25) is 0 Å². The minimum atomic E-state index is -0.321. The molecule has 6 nitrogen and oxygen atoms in total. The third kappa shape index (κ3) is 5.72. The second kappa shape index (κ2) is 8.67. The topological polar surface area (TPSA) is 73.2 Å². The summed E-state index contributed by atoms with van der Waals surface area (Å²) in [4.78, 5) is 23.1. The highest BCUT2D eigenvalue weighted by Crippen LogP contribution is 2.08. The predicted octanol–water partition coefficient (Wildman–Crippen LogP) is 2.34. The van der Waals surface area contributed by atoms with Crippen LogP contribution < -0.4 is 5.32 Å². The SMILES string of the molecule is CC(C)OC(=O)CCNC(=O)/C=C/c1cnn(-c2ccccc2)c1. The van der Waals surface area contributed by atoms with Gasteiger partial charge in [-0.15, -0.1) is 0 Å². The zero-order valence-corrected chi connectivity index (χ0v) is 13.8. The molecule has 1 aromatic heterocycles. The van der Waals surface area contributed by atoms with Crippen molar-refractivity contribution in [2.75, 3.05) is 6.54 Å². The number of aromatic nitrogens is 2. The Kier molecular flexibility index (Phi) is 6.31. The summed E-state index contributed by atoms with van der Waals surface area (Å²) in [5.41, 5.74) is 1.76. The van der Waals surface area contributed by atoms with Crippen LogP contribution in [0.15, 0.2) is 48.8 Å². The number of esters is 1. The number of carbonyl (C=O) groups is 2. The van der Waals surface area contributed by atoms with E-state index in [1.165, 1.54) is 6.08 Å². The summed E-state index contributed by atoms with van der Waals surface area (Å²) in [7, 11) is 0. The quantitative estimate of drug-likeness (QED) is 0.626. The number of ether oxygens (including phenoxy) is 1. The molecule has 0 fully saturated rings. The lowest BCUT2D eigenvalue weighted by atomic mass is 10.3. The standard InChI is InChI=1S/C18H21N3O3/c1-14(2)24-18(23)10-11-19-17(22)9-8-15-12-20-21(13-15)16-6-4-3-5-7-16/h3-9,12-14H,10-11H2,1-2H3,(H,19,22)/b9-8+. The van der Waals surface area contributed by atoms with Crippen LogP contribution in [0.3, 0.4) is 0 Å². The molecule has 24 heavy (non-hydrogen) atoms. The number of para-hydroxylation sites is 1. The summed E-state index contributed by atoms with van der Waals surface area (Å²) in [5, 5.41) is 6.89. The number of carbonyl (C=O) groups excluding carboxylic acids is 2. The zero-order chi connectivity index (χ0) is 17.4. The predicted molar refractivity (Wildman–Crippen MR) is 91.5 cm³/mol. The van der Waals surface area contributed by atoms with E-state index in [4.69, 9.17) is 4.74 Å². The molecule has 6 heteroatoms. The molecule has 0 radical (unpaired) electrons. The summed E-state index contributed by atoms with van der Waals surface area (Å²) >= 11 is 0. The van der Waals surface area contributed by atoms with Crippen molar-refractivity contribution in [1.29, 1.82) is 0 Å². The molecule has 1 heterocycles. The molecule has 1 N–H and O–H groups in total. The van der Waals surface area contributed by atoms with Gasteiger partial charge in [0.2, 0.25) is 5.91 Å². The van der Waals surface area contributed by atoms with Crippen molar-refractivity contribution in [3.05, 3.63) is 54.4 Å². The van der Waals surface area contributed by atoms with Gasteiger partial charge in [-0.25, -0.2) is 4.68 Å². The third-order valence-electron chi connectivity index (χ3n) is 3.05. The van der Waals surface area contributed by atoms with Crippen molar-refractivity contribution >= 4 is 18.0 Å². The normalized spacial score (nSPS) is 11.0. The maximum absolute atomic E-state index is 11.7. The van der Waals surface area contributed by atoms with Crippen molar-refractivity contribution < 1.29 is 14.3 Å². The molecule has 0 saturated heterocycles. The van der Waals surface area contributed by atoms with Crippen molar-refractivity contribution in [3.63, 3.8) is 0 Å². The molecule has 2 rings (SSSR count). The van der Waals surface area contributed by atoms with Crippen LogP contribution in [-0.4, -0.2) is 34.3 Å². The van der Waals surface area contributed by atoms with E-state index in [1.54, 1.807) is 30.8 Å². The number of amides is 1. The Bertz CT molecular complexity index is 705. The number of hydrogen-bond acceptors (Lipinski definition) is 4. The average molecular weight is 327 g/mol. The van der Waals surface area contributed by atoms with Gasteiger partial charge in [0.25, 0.3) is 0 Å². The lowest BCUT2D eigenvalue weighted by Gasteiger charge is -2.07. The van der Waals surface area contributed by atoms with E-state index in [2.05, 4.69) is 10.4 Å². The lowest BCUT2D eigenvalue weighted by Crippen LogP contribution is -2.25. The molecule has 1 aromatic carbocycles. The summed E-state index contributed by atoms with van der Waals surface area (Å²) in [6.45, 7) is 3.82. The Morgan fingerprint density at radius 3 is 2.75 bits per heavy atom. The first-order valence-corrected chi connectivity index (χ1v) is 7.80. The first-order chi connectivity index (χ1) is 11.5. The molecule has 126 valence electrons. The van der Waals surface area contributed by atoms with Gasteiger partial charge < -0.3 is 10.1 Å². The maximum Gasteiger partial charge on any atom is 0.307 e. The number of hydrogen-bond donors (Lipinski definition) is 1. The monoisotopic (exact) mass is 327 g/mol. The van der Waals surface area contributed by atoms with Crippen LogP contribution in [0.1, 0.15) is 25.8 Å². The van der Waals surface area contributed by atoms with E-state index in [0.29, 0.717) is 0 Å². The molecular formula is C18H21N3O3. The van der Waals surface area contributed by atoms with Gasteiger partial charge in [0.1, 0.15) is 0 Å². The largest absolute Gasteiger partial charge is 0.463 e. The van der Waals surface area contributed by atoms with Gasteiger partial charge in [-0.2, -0.15) is 5.10 Å². The van der Waals surface area contributed by atoms with Crippen molar-refractivity contribution in [1.82, 2.24) is 15.1 Å². The first kappa shape index (κ1) is 17.5. The number of nitrogens with one attached hydrogen (secondary N) is 1. The molecule has 0 aliphatic carbocycles. The molecule has 0 bridgehead atoms. The molecule has 0 saturated carbocycles. The zero-order valence-electron chi connectivity index (χ0n) is 13.8. The smallest absolute Gasteiger partial charge is 0.307 e. The van der Waals surface area contributed by atoms with E-state index in [9.17, 15) is 9.59 Å². The molecule has 0 atom stereocenters. The van der Waals surface area contributed by atoms with Gasteiger partial charge >= 0.3 is 5.97 Å². The van der Waals surface area contributed by atoms with Crippen molar-refractivity contribution in [3.8, 4) is 5.69 Å². The highest BCUT2D eigenvalue weighted by molar-refractivity contribution is 5.91. The maximum atomic E-state index is 11.7. The second-order valence-electron chi connectivity index (χ2n) is 5.47. The first-order valence-electron chi connectivity index (χ1n) is 7.80. The van der Waals surface area contributed by atoms with E-state index < -0.39 is 0 Å². The Balaban J connectivity index is 1.80. The van der Waals surface area contributed by atoms with E-state index >= 15 is 0 Å². The Labute approximate surface area is 141 Å². The second-order valence-corrected chi connectivity index (χ2v) is 5.47. The van der Waals surface area contributed by atoms with E-state index in [-0.39, 0.29) is 30.9 Å². The summed E-state index contributed by atoms with van der Waals surface area (Å²) in [6.07, 6.45) is 6.61. The van der Waals surface area contributed by atoms with Crippen molar-refractivity contribution in [2.45, 2.75) is 26.4 Å². The van der Waals surface area contributed by atoms with Crippen LogP contribution in [0.4, 0.5) is 0 Å². The van der Waals surface area contributed by atoms with Gasteiger partial charge in [0.15, 0.2) is 0 Å². The van der Waals surface area contributed by atoms with Gasteiger partial charge in [0, 0.05) is 24.4 Å². The van der Waals surface area contributed by atoms with Gasteiger partial charge in [0.05, 0.1) is 24.4 Å². The fraction of sp³-hybridized carbons (Fsp3) is 0.278. The van der Waals surface area contributed by atoms with Crippen LogP contribution in [0, 0.1) is 0 Å². The van der Waals surface area contributed by atoms with E-state index in [0.717, 1.165) is 11.3 Å². The van der Waals surface area contributed by atoms with Gasteiger partial charge in [-0.1, -0.05) is 18.2 Å². The highest BCUT2D eigenvalue weighted by Gasteiger charge is 2.05. The Morgan fingerprint density at radius 1 is 1.29 bits per heavy atom. The third-order valence-corrected chi connectivity index (χ3v) is 3.05. The van der Waals surface area contributed by atoms with Crippen LogP contribution in [0.5, 0.6) is 0 Å². The fourth-order valence-corrected chi connectivity index (χ4v) is 1.99. The Morgan fingerprint density at radius 2 is 2.04 bits per heavy atom. The Hall–Kier alpha value is -2.89. The fourth-order valence-electron chi connectivity index (χ4n) is 1.99. The van der Waals surface area contributed by atoms with Crippen molar-refractivity contribution in [2.24, 2.45) is 0 Å². The van der Waals surface area contributed by atoms with Crippen LogP contribution in [0.25, 0.3) is 11.8 Å². The van der Waals surface area contributed by atoms with Crippen LogP contribution in [-0.2, 0) is 14.3 Å². The molecule has 0 unspecified atom stereocenters. The summed E-state index contributed by atoms with van der Waals surface area (Å²) in [5.74, 6) is -0.585. The average Bonchev–Trinajstić information content (AvgIpc) is 3.02. The molecule has 0 aliphatic rings. The number of rotatable bonds is 7. The minimum absolute atomic E-state index is 0.144. The van der Waals surface area contributed by atoms with Gasteiger partial charge in [-0.3, -0.25) is 9.59 Å². The van der Waals surface area contributed by atoms with E-state index in [1.807, 2.05) is 36.5 Å². The van der Waals surface area contributed by atoms with Gasteiger partial charge in [-0.05, 0) is 32.1 Å². The van der Waals surface area contributed by atoms with Crippen LogP contribution >= 0.6 is 0 Å². The molecule has 1 amide bonds. The molecular weight excluding hydrogens is 306 g/mol. The number of benzene rings is 1. The minimum Gasteiger partial charge on any atom is -0.463 e. The molecule has 0 aliphatic heterocycles. The summed E-state index contributed by atoms with van der Waals surface area (Å²) in [6, 6.07) is 9.70. The molecule has 2 aromatic rings. The summed E-state index contributed by atoms with van der Waals surface area (Å²) < 4.78 is 6.72.